The monoisotopic (exact) mass is 540 g/mol. The third-order valence-electron chi connectivity index (χ3n) is 7.29. The number of aliphatic hydroxyl groups is 1. The zero-order valence-electron chi connectivity index (χ0n) is 19.0. The van der Waals surface area contributed by atoms with E-state index in [1.54, 1.807) is 22.6 Å². The van der Waals surface area contributed by atoms with Gasteiger partial charge in [0, 0.05) is 41.7 Å². The SMILES string of the molecule is C[C@@H]1OCC2(CCN(c3cc(S(N)(=O)=O)c(-c4cccc(Cl)c4Cl)c4nnc(CO)n34)CC2)[C@@H]1N. The number of anilines is 1. The summed E-state index contributed by atoms with van der Waals surface area (Å²) in [5, 5.41) is 24.4. The van der Waals surface area contributed by atoms with E-state index in [-0.39, 0.29) is 49.5 Å². The average Bonchev–Trinajstić information content (AvgIpc) is 3.37. The number of halogens is 2. The number of ether oxygens (including phenoxy) is 1. The summed E-state index contributed by atoms with van der Waals surface area (Å²) in [6.07, 6.45) is 1.52. The van der Waals surface area contributed by atoms with Crippen LogP contribution in [0.25, 0.3) is 16.8 Å². The van der Waals surface area contributed by atoms with Crippen molar-refractivity contribution in [2.24, 2.45) is 16.3 Å². The van der Waals surface area contributed by atoms with Crippen LogP contribution in [0.15, 0.2) is 29.2 Å². The second-order valence-corrected chi connectivity index (χ2v) is 11.5. The normalized spacial score (nSPS) is 22.4. The Bertz CT molecular complexity index is 1400. The van der Waals surface area contributed by atoms with Gasteiger partial charge in [-0.1, -0.05) is 35.3 Å². The lowest BCUT2D eigenvalue weighted by atomic mass is 9.73. The van der Waals surface area contributed by atoms with Gasteiger partial charge in [-0.15, -0.1) is 10.2 Å². The second kappa shape index (κ2) is 8.84. The van der Waals surface area contributed by atoms with Crippen LogP contribution >= 0.6 is 23.2 Å². The van der Waals surface area contributed by atoms with Crippen molar-refractivity contribution in [2.45, 2.75) is 43.4 Å². The highest BCUT2D eigenvalue weighted by Gasteiger charge is 2.47. The lowest BCUT2D eigenvalue weighted by Crippen LogP contribution is -2.51. The van der Waals surface area contributed by atoms with Gasteiger partial charge in [0.05, 0.1) is 27.7 Å². The third-order valence-corrected chi connectivity index (χ3v) is 9.04. The van der Waals surface area contributed by atoms with Crippen molar-refractivity contribution in [1.29, 1.82) is 0 Å². The molecule has 2 aliphatic rings. The number of benzene rings is 1. The molecule has 0 radical (unpaired) electrons. The number of nitrogens with two attached hydrogens (primary N) is 2. The molecule has 5 rings (SSSR count). The van der Waals surface area contributed by atoms with Crippen LogP contribution in [0.1, 0.15) is 25.6 Å². The largest absolute Gasteiger partial charge is 0.388 e. The van der Waals surface area contributed by atoms with Gasteiger partial charge < -0.3 is 20.5 Å². The summed E-state index contributed by atoms with van der Waals surface area (Å²) in [5.41, 5.74) is 7.06. The van der Waals surface area contributed by atoms with E-state index in [2.05, 4.69) is 10.2 Å². The Labute approximate surface area is 212 Å². The van der Waals surface area contributed by atoms with Crippen molar-refractivity contribution in [3.8, 4) is 11.1 Å². The molecule has 2 saturated heterocycles. The van der Waals surface area contributed by atoms with Gasteiger partial charge >= 0.3 is 0 Å². The van der Waals surface area contributed by atoms with Gasteiger partial charge in [-0.25, -0.2) is 13.6 Å². The quantitative estimate of drug-likeness (QED) is 0.455. The molecule has 0 unspecified atom stereocenters. The Kier molecular flexibility index (Phi) is 6.24. The Morgan fingerprint density at radius 2 is 1.97 bits per heavy atom. The van der Waals surface area contributed by atoms with E-state index in [1.165, 1.54) is 6.07 Å². The zero-order chi connectivity index (χ0) is 25.1. The highest BCUT2D eigenvalue weighted by Crippen LogP contribution is 2.44. The summed E-state index contributed by atoms with van der Waals surface area (Å²) < 4.78 is 33.1. The molecule has 2 aliphatic heterocycles. The van der Waals surface area contributed by atoms with Gasteiger partial charge in [-0.2, -0.15) is 0 Å². The summed E-state index contributed by atoms with van der Waals surface area (Å²) in [7, 11) is -4.21. The molecule has 0 saturated carbocycles. The maximum absolute atomic E-state index is 12.8. The van der Waals surface area contributed by atoms with E-state index < -0.39 is 16.6 Å². The van der Waals surface area contributed by atoms with E-state index in [0.717, 1.165) is 12.8 Å². The fourth-order valence-electron chi connectivity index (χ4n) is 5.25. The van der Waals surface area contributed by atoms with Crippen LogP contribution in [0.5, 0.6) is 0 Å². The molecule has 4 heterocycles. The summed E-state index contributed by atoms with van der Waals surface area (Å²) in [4.78, 5) is 1.88. The number of fused-ring (bicyclic) bond motifs is 1. The minimum Gasteiger partial charge on any atom is -0.388 e. The standard InChI is InChI=1S/C22H26Cl2N6O4S/c1-12-20(25)22(11-34-12)5-7-29(8-6-22)17-9-15(35(26,32)33)18(13-3-2-4-14(23)19(13)24)21-28-27-16(10-31)30(17)21/h2-4,9,12,20,31H,5-8,10-11,25H2,1H3,(H2,26,32,33)/t12-,20+/m0/s1. The number of aromatic nitrogens is 3. The van der Waals surface area contributed by atoms with E-state index >= 15 is 0 Å². The molecule has 13 heteroatoms. The van der Waals surface area contributed by atoms with Crippen LogP contribution in [-0.2, 0) is 21.4 Å². The molecule has 2 aromatic heterocycles. The highest BCUT2D eigenvalue weighted by molar-refractivity contribution is 7.89. The molecule has 2 atom stereocenters. The van der Waals surface area contributed by atoms with Crippen molar-refractivity contribution >= 4 is 44.7 Å². The van der Waals surface area contributed by atoms with Gasteiger partial charge in [-0.05, 0) is 25.8 Å². The molecule has 3 aromatic rings. The van der Waals surface area contributed by atoms with Gasteiger partial charge in [-0.3, -0.25) is 4.40 Å². The first kappa shape index (κ1) is 24.7. The number of rotatable bonds is 4. The predicted molar refractivity (Wildman–Crippen MR) is 133 cm³/mol. The number of hydrogen-bond acceptors (Lipinski definition) is 8. The van der Waals surface area contributed by atoms with E-state index in [0.29, 0.717) is 31.1 Å². The van der Waals surface area contributed by atoms with Crippen LogP contribution in [0.3, 0.4) is 0 Å². The molecule has 0 bridgehead atoms. The van der Waals surface area contributed by atoms with Gasteiger partial charge in [0.1, 0.15) is 12.4 Å². The Balaban J connectivity index is 1.69. The van der Waals surface area contributed by atoms with Crippen molar-refractivity contribution in [2.75, 3.05) is 24.6 Å². The fourth-order valence-corrected chi connectivity index (χ4v) is 6.40. The molecule has 10 nitrogen and oxygen atoms in total. The topological polar surface area (TPSA) is 149 Å². The first-order chi connectivity index (χ1) is 16.6. The Morgan fingerprint density at radius 1 is 1.26 bits per heavy atom. The minimum atomic E-state index is -4.21. The molecule has 1 aromatic carbocycles. The van der Waals surface area contributed by atoms with Crippen LogP contribution in [0.4, 0.5) is 5.82 Å². The maximum atomic E-state index is 12.8. The average molecular weight is 541 g/mol. The zero-order valence-corrected chi connectivity index (χ0v) is 21.3. The second-order valence-electron chi connectivity index (χ2n) is 9.21. The molecule has 2 fully saturated rings. The molecule has 5 N–H and O–H groups in total. The predicted octanol–water partition coefficient (Wildman–Crippen LogP) is 2.18. The van der Waals surface area contributed by atoms with Crippen LogP contribution < -0.4 is 15.8 Å². The van der Waals surface area contributed by atoms with E-state index in [4.69, 9.17) is 38.8 Å². The number of piperidine rings is 1. The van der Waals surface area contributed by atoms with Crippen LogP contribution in [-0.4, -0.2) is 60.0 Å². The first-order valence-electron chi connectivity index (χ1n) is 11.2. The van der Waals surface area contributed by atoms with Gasteiger partial charge in [0.15, 0.2) is 11.5 Å². The smallest absolute Gasteiger partial charge is 0.238 e. The number of sulfonamides is 1. The Morgan fingerprint density at radius 3 is 2.57 bits per heavy atom. The van der Waals surface area contributed by atoms with E-state index in [9.17, 15) is 13.5 Å². The molecular weight excluding hydrogens is 515 g/mol. The summed E-state index contributed by atoms with van der Waals surface area (Å²) in [6, 6.07) is 6.31. The summed E-state index contributed by atoms with van der Waals surface area (Å²) >= 11 is 12.7. The minimum absolute atomic E-state index is 0.0113. The first-order valence-corrected chi connectivity index (χ1v) is 13.5. The number of hydrogen-bond donors (Lipinski definition) is 3. The number of nitrogens with zero attached hydrogens (tertiary/aromatic N) is 4. The molecule has 0 amide bonds. The van der Waals surface area contributed by atoms with Gasteiger partial charge in [0.2, 0.25) is 10.0 Å². The van der Waals surface area contributed by atoms with Crippen molar-refractivity contribution < 1.29 is 18.3 Å². The lowest BCUT2D eigenvalue weighted by molar-refractivity contribution is 0.0974. The molecule has 0 aliphatic carbocycles. The molecule has 35 heavy (non-hydrogen) atoms. The third kappa shape index (κ3) is 3.99. The molecule has 1 spiro atoms. The number of primary sulfonamides is 1. The van der Waals surface area contributed by atoms with Crippen LogP contribution in [0.2, 0.25) is 10.0 Å². The summed E-state index contributed by atoms with van der Waals surface area (Å²) in [5.74, 6) is 0.764. The van der Waals surface area contributed by atoms with E-state index in [1.807, 2.05) is 11.8 Å². The maximum Gasteiger partial charge on any atom is 0.238 e. The molecular formula is C22H26Cl2N6O4S. The fraction of sp³-hybridized carbons (Fsp3) is 0.455. The van der Waals surface area contributed by atoms with Crippen molar-refractivity contribution in [3.63, 3.8) is 0 Å². The molecule has 188 valence electrons. The van der Waals surface area contributed by atoms with Crippen molar-refractivity contribution in [1.82, 2.24) is 14.6 Å². The number of aliphatic hydroxyl groups excluding tert-OH is 1. The van der Waals surface area contributed by atoms with Crippen LogP contribution in [0, 0.1) is 5.41 Å². The lowest BCUT2D eigenvalue weighted by Gasteiger charge is -2.42. The number of pyridine rings is 1. The highest BCUT2D eigenvalue weighted by atomic mass is 35.5. The Hall–Kier alpha value is -1.99. The van der Waals surface area contributed by atoms with Crippen molar-refractivity contribution in [3.05, 3.63) is 40.1 Å². The van der Waals surface area contributed by atoms with Gasteiger partial charge in [0.25, 0.3) is 0 Å². The summed E-state index contributed by atoms with van der Waals surface area (Å²) in [6.45, 7) is 3.38.